The van der Waals surface area contributed by atoms with E-state index in [-0.39, 0.29) is 5.54 Å². The molecule has 1 unspecified atom stereocenters. The van der Waals surface area contributed by atoms with Gasteiger partial charge < -0.3 is 10.2 Å². The fourth-order valence-corrected chi connectivity index (χ4v) is 3.02. The average molecular weight is 224 g/mol. The highest BCUT2D eigenvalue weighted by Gasteiger charge is 2.41. The van der Waals surface area contributed by atoms with Gasteiger partial charge in [-0.1, -0.05) is 13.8 Å². The molecule has 2 heterocycles. The van der Waals surface area contributed by atoms with Crippen LogP contribution in [0.4, 0.5) is 0 Å². The van der Waals surface area contributed by atoms with Crippen LogP contribution in [-0.2, 0) is 4.79 Å². The maximum absolute atomic E-state index is 12.5. The predicted octanol–water partition coefficient (Wildman–Crippen LogP) is 1.78. The third-order valence-electron chi connectivity index (χ3n) is 4.03. The molecule has 2 aliphatic heterocycles. The molecule has 2 rings (SSSR count). The second-order valence-electron chi connectivity index (χ2n) is 6.36. The first-order chi connectivity index (χ1) is 7.43. The summed E-state index contributed by atoms with van der Waals surface area (Å²) in [6, 6.07) is 0. The Kier molecular flexibility index (Phi) is 2.99. The summed E-state index contributed by atoms with van der Waals surface area (Å²) in [7, 11) is 0. The van der Waals surface area contributed by atoms with E-state index in [2.05, 4.69) is 31.0 Å². The van der Waals surface area contributed by atoms with E-state index in [4.69, 9.17) is 0 Å². The second kappa shape index (κ2) is 4.02. The smallest absolute Gasteiger partial charge is 0.242 e. The van der Waals surface area contributed by atoms with Crippen molar-refractivity contribution in [1.82, 2.24) is 10.2 Å². The molecule has 0 aromatic carbocycles. The summed E-state index contributed by atoms with van der Waals surface area (Å²) in [5.41, 5.74) is 0.0102. The molecule has 0 aromatic heterocycles. The van der Waals surface area contributed by atoms with E-state index < -0.39 is 0 Å². The van der Waals surface area contributed by atoms with Gasteiger partial charge in [0.05, 0.1) is 5.54 Å². The number of likely N-dealkylation sites (tertiary alicyclic amines) is 1. The molecule has 3 nitrogen and oxygen atoms in total. The summed E-state index contributed by atoms with van der Waals surface area (Å²) in [6.07, 6.45) is 4.50. The number of hydrogen-bond acceptors (Lipinski definition) is 2. The molecular weight excluding hydrogens is 200 g/mol. The van der Waals surface area contributed by atoms with Gasteiger partial charge in [0.25, 0.3) is 0 Å². The number of hydrogen-bond donors (Lipinski definition) is 1. The maximum Gasteiger partial charge on any atom is 0.242 e. The van der Waals surface area contributed by atoms with E-state index >= 15 is 0 Å². The van der Waals surface area contributed by atoms with Gasteiger partial charge in [0.1, 0.15) is 0 Å². The van der Waals surface area contributed by atoms with Crippen molar-refractivity contribution in [1.29, 1.82) is 0 Å². The van der Waals surface area contributed by atoms with Gasteiger partial charge >= 0.3 is 0 Å². The molecule has 16 heavy (non-hydrogen) atoms. The number of carbonyl (C=O) groups excluding carboxylic acids is 1. The van der Waals surface area contributed by atoms with Gasteiger partial charge in [-0.05, 0) is 44.6 Å². The Labute approximate surface area is 98.6 Å². The Morgan fingerprint density at radius 2 is 1.94 bits per heavy atom. The lowest BCUT2D eigenvalue weighted by Crippen LogP contribution is -2.56. The van der Waals surface area contributed by atoms with Crippen LogP contribution in [-0.4, -0.2) is 36.0 Å². The van der Waals surface area contributed by atoms with E-state index in [9.17, 15) is 4.79 Å². The molecule has 1 atom stereocenters. The van der Waals surface area contributed by atoms with Gasteiger partial charge in [-0.2, -0.15) is 0 Å². The molecular formula is C13H24N2O. The quantitative estimate of drug-likeness (QED) is 0.736. The lowest BCUT2D eigenvalue weighted by atomic mass is 9.83. The average Bonchev–Trinajstić information content (AvgIpc) is 2.64. The molecule has 92 valence electrons. The van der Waals surface area contributed by atoms with Crippen LogP contribution in [0.3, 0.4) is 0 Å². The van der Waals surface area contributed by atoms with Crippen molar-refractivity contribution in [3.8, 4) is 0 Å². The minimum absolute atomic E-state index is 0.284. The van der Waals surface area contributed by atoms with E-state index in [0.29, 0.717) is 11.3 Å². The SMILES string of the molecule is CC1(C)CCCN(C(=O)C2(C)CCCN2)C1. The van der Waals surface area contributed by atoms with Gasteiger partial charge in [-0.3, -0.25) is 4.79 Å². The molecule has 0 spiro atoms. The van der Waals surface area contributed by atoms with Crippen molar-refractivity contribution in [3.63, 3.8) is 0 Å². The molecule has 3 heteroatoms. The largest absolute Gasteiger partial charge is 0.341 e. The van der Waals surface area contributed by atoms with Crippen molar-refractivity contribution in [2.45, 2.75) is 52.0 Å². The van der Waals surface area contributed by atoms with E-state index in [1.165, 1.54) is 6.42 Å². The van der Waals surface area contributed by atoms with Gasteiger partial charge in [0.15, 0.2) is 0 Å². The minimum atomic E-state index is -0.284. The van der Waals surface area contributed by atoms with Crippen LogP contribution >= 0.6 is 0 Å². The standard InChI is InChI=1S/C13H24N2O/c1-12(2)6-5-9-15(10-12)11(16)13(3)7-4-8-14-13/h14H,4-10H2,1-3H3. The molecule has 1 amide bonds. The zero-order valence-corrected chi connectivity index (χ0v) is 10.8. The van der Waals surface area contributed by atoms with Crippen molar-refractivity contribution in [2.24, 2.45) is 5.41 Å². The lowest BCUT2D eigenvalue weighted by molar-refractivity contribution is -0.140. The van der Waals surface area contributed by atoms with Crippen LogP contribution in [0.1, 0.15) is 46.5 Å². The van der Waals surface area contributed by atoms with Gasteiger partial charge in [0, 0.05) is 13.1 Å². The summed E-state index contributed by atoms with van der Waals surface area (Å²) in [6.45, 7) is 9.43. The van der Waals surface area contributed by atoms with E-state index in [1.807, 2.05) is 0 Å². The molecule has 0 saturated carbocycles. The summed E-state index contributed by atoms with van der Waals surface area (Å²) in [5, 5.41) is 3.37. The van der Waals surface area contributed by atoms with Gasteiger partial charge in [-0.15, -0.1) is 0 Å². The van der Waals surface area contributed by atoms with Crippen LogP contribution < -0.4 is 5.32 Å². The number of amides is 1. The highest BCUT2D eigenvalue weighted by Crippen LogP contribution is 2.31. The molecule has 0 bridgehead atoms. The summed E-state index contributed by atoms with van der Waals surface area (Å²) in [4.78, 5) is 14.5. The number of nitrogens with one attached hydrogen (secondary N) is 1. The monoisotopic (exact) mass is 224 g/mol. The van der Waals surface area contributed by atoms with Gasteiger partial charge in [0.2, 0.25) is 5.91 Å². The summed E-state index contributed by atoms with van der Waals surface area (Å²) >= 11 is 0. The predicted molar refractivity (Wildman–Crippen MR) is 65.2 cm³/mol. The highest BCUT2D eigenvalue weighted by molar-refractivity contribution is 5.86. The third kappa shape index (κ3) is 2.24. The first-order valence-corrected chi connectivity index (χ1v) is 6.47. The number of nitrogens with zero attached hydrogens (tertiary/aromatic N) is 1. The van der Waals surface area contributed by atoms with Crippen LogP contribution in [0.2, 0.25) is 0 Å². The van der Waals surface area contributed by atoms with Crippen molar-refractivity contribution in [3.05, 3.63) is 0 Å². The molecule has 2 saturated heterocycles. The summed E-state index contributed by atoms with van der Waals surface area (Å²) < 4.78 is 0. The molecule has 2 fully saturated rings. The Morgan fingerprint density at radius 3 is 2.50 bits per heavy atom. The van der Waals surface area contributed by atoms with Gasteiger partial charge in [-0.25, -0.2) is 0 Å². The molecule has 2 aliphatic rings. The molecule has 1 N–H and O–H groups in total. The zero-order chi connectivity index (χ0) is 11.8. The first kappa shape index (κ1) is 11.9. The Balaban J connectivity index is 2.04. The van der Waals surface area contributed by atoms with Crippen molar-refractivity contribution < 1.29 is 4.79 Å². The Bertz CT molecular complexity index is 280. The molecule has 0 aromatic rings. The molecule has 0 aliphatic carbocycles. The zero-order valence-electron chi connectivity index (χ0n) is 10.8. The Hall–Kier alpha value is -0.570. The van der Waals surface area contributed by atoms with E-state index in [1.54, 1.807) is 0 Å². The fourth-order valence-electron chi connectivity index (χ4n) is 3.02. The normalized spacial score (nSPS) is 34.1. The number of carbonyl (C=O) groups is 1. The summed E-state index contributed by atoms with van der Waals surface area (Å²) in [5.74, 6) is 0.317. The topological polar surface area (TPSA) is 32.3 Å². The van der Waals surface area contributed by atoms with Crippen molar-refractivity contribution >= 4 is 5.91 Å². The second-order valence-corrected chi connectivity index (χ2v) is 6.36. The van der Waals surface area contributed by atoms with Crippen molar-refractivity contribution in [2.75, 3.05) is 19.6 Å². The first-order valence-electron chi connectivity index (χ1n) is 6.47. The minimum Gasteiger partial charge on any atom is -0.341 e. The van der Waals surface area contributed by atoms with Crippen LogP contribution in [0, 0.1) is 5.41 Å². The van der Waals surface area contributed by atoms with E-state index in [0.717, 1.165) is 38.9 Å². The van der Waals surface area contributed by atoms with Crippen LogP contribution in [0.25, 0.3) is 0 Å². The fraction of sp³-hybridized carbons (Fsp3) is 0.923. The Morgan fingerprint density at radius 1 is 1.19 bits per heavy atom. The number of piperidine rings is 1. The van der Waals surface area contributed by atoms with Crippen LogP contribution in [0.15, 0.2) is 0 Å². The lowest BCUT2D eigenvalue weighted by Gasteiger charge is -2.41. The van der Waals surface area contributed by atoms with Crippen LogP contribution in [0.5, 0.6) is 0 Å². The molecule has 0 radical (unpaired) electrons. The number of rotatable bonds is 1. The maximum atomic E-state index is 12.5. The third-order valence-corrected chi connectivity index (χ3v) is 4.03. The highest BCUT2D eigenvalue weighted by atomic mass is 16.2.